The van der Waals surface area contributed by atoms with Crippen molar-refractivity contribution in [2.24, 2.45) is 0 Å². The number of rotatable bonds is 6. The van der Waals surface area contributed by atoms with Gasteiger partial charge in [-0.1, -0.05) is 0 Å². The molecule has 90 valence electrons. The molecule has 0 aliphatic rings. The lowest BCUT2D eigenvalue weighted by atomic mass is 10.4. The highest BCUT2D eigenvalue weighted by atomic mass is 32.1. The summed E-state index contributed by atoms with van der Waals surface area (Å²) in [6.07, 6.45) is 0. The zero-order valence-corrected chi connectivity index (χ0v) is 10.3. The Morgan fingerprint density at radius 3 is 2.75 bits per heavy atom. The molecule has 1 aromatic heterocycles. The molecule has 5 nitrogen and oxygen atoms in total. The zero-order valence-electron chi connectivity index (χ0n) is 9.45. The van der Waals surface area contributed by atoms with Gasteiger partial charge in [0.25, 0.3) is 0 Å². The van der Waals surface area contributed by atoms with E-state index in [4.69, 9.17) is 5.11 Å². The molecule has 1 unspecified atom stereocenters. The van der Waals surface area contributed by atoms with E-state index in [0.29, 0.717) is 18.8 Å². The lowest BCUT2D eigenvalue weighted by Gasteiger charge is -2.14. The summed E-state index contributed by atoms with van der Waals surface area (Å²) in [7, 11) is 0. The second kappa shape index (κ2) is 5.93. The molecule has 0 fully saturated rings. The van der Waals surface area contributed by atoms with Crippen LogP contribution in [0.2, 0.25) is 0 Å². The van der Waals surface area contributed by atoms with E-state index in [1.807, 2.05) is 6.92 Å². The van der Waals surface area contributed by atoms with Gasteiger partial charge in [0.1, 0.15) is 18.1 Å². The fourth-order valence-electron chi connectivity index (χ4n) is 1.48. The Kier molecular flexibility index (Phi) is 4.85. The number of aromatic nitrogens is 1. The number of aromatic carboxylic acids is 1. The summed E-state index contributed by atoms with van der Waals surface area (Å²) in [6, 6.07) is 0. The quantitative estimate of drug-likeness (QED) is 0.620. The average Bonchev–Trinajstić information content (AvgIpc) is 2.59. The fraction of sp³-hybridized carbons (Fsp3) is 0.600. The lowest BCUT2D eigenvalue weighted by Crippen LogP contribution is -3.10. The van der Waals surface area contributed by atoms with Gasteiger partial charge in [0.15, 0.2) is 0 Å². The van der Waals surface area contributed by atoms with Crippen LogP contribution in [0.4, 0.5) is 0 Å². The molecule has 0 spiro atoms. The smallest absolute Gasteiger partial charge is 0.148 e. The molecule has 16 heavy (non-hydrogen) atoms. The van der Waals surface area contributed by atoms with Crippen molar-refractivity contribution in [1.82, 2.24) is 4.98 Å². The second-order valence-corrected chi connectivity index (χ2v) is 4.65. The SMILES string of the molecule is CC[NH+](CCO)Cc1nc(C)c(C(=O)[O-])s1. The third-order valence-electron chi connectivity index (χ3n) is 2.39. The van der Waals surface area contributed by atoms with Crippen LogP contribution in [0.3, 0.4) is 0 Å². The van der Waals surface area contributed by atoms with E-state index in [1.165, 1.54) is 4.90 Å². The molecule has 0 saturated heterocycles. The number of quaternary nitrogens is 1. The van der Waals surface area contributed by atoms with Crippen molar-refractivity contribution < 1.29 is 19.9 Å². The van der Waals surface area contributed by atoms with Crippen LogP contribution < -0.4 is 10.0 Å². The molecule has 0 aliphatic heterocycles. The molecule has 0 amide bonds. The molecule has 0 aromatic carbocycles. The van der Waals surface area contributed by atoms with Crippen LogP contribution >= 0.6 is 11.3 Å². The molecule has 1 atom stereocenters. The Labute approximate surface area is 98.4 Å². The van der Waals surface area contributed by atoms with E-state index in [0.717, 1.165) is 22.9 Å². The van der Waals surface area contributed by atoms with Crippen molar-refractivity contribution >= 4 is 17.3 Å². The van der Waals surface area contributed by atoms with E-state index in [2.05, 4.69) is 4.98 Å². The first-order chi connectivity index (χ1) is 7.58. The number of aryl methyl sites for hydroxylation is 1. The number of nitrogens with one attached hydrogen (secondary N) is 1. The molecular weight excluding hydrogens is 228 g/mol. The first-order valence-corrected chi connectivity index (χ1v) is 6.02. The highest BCUT2D eigenvalue weighted by molar-refractivity contribution is 7.13. The minimum atomic E-state index is -1.17. The first kappa shape index (κ1) is 13.1. The van der Waals surface area contributed by atoms with E-state index >= 15 is 0 Å². The normalized spacial score (nSPS) is 12.7. The molecule has 1 aromatic rings. The minimum absolute atomic E-state index is 0.126. The van der Waals surface area contributed by atoms with Crippen LogP contribution in [0.25, 0.3) is 0 Å². The monoisotopic (exact) mass is 244 g/mol. The third kappa shape index (κ3) is 3.26. The topological polar surface area (TPSA) is 77.7 Å². The number of aliphatic hydroxyl groups excluding tert-OH is 1. The van der Waals surface area contributed by atoms with Crippen LogP contribution in [0.1, 0.15) is 27.3 Å². The molecule has 0 saturated carbocycles. The summed E-state index contributed by atoms with van der Waals surface area (Å²) in [4.78, 5) is 16.3. The maximum Gasteiger partial charge on any atom is 0.148 e. The van der Waals surface area contributed by atoms with Gasteiger partial charge in [-0.25, -0.2) is 4.98 Å². The zero-order chi connectivity index (χ0) is 12.1. The summed E-state index contributed by atoms with van der Waals surface area (Å²) < 4.78 is 0. The highest BCUT2D eigenvalue weighted by Gasteiger charge is 2.13. The van der Waals surface area contributed by atoms with Crippen molar-refractivity contribution in [3.05, 3.63) is 15.6 Å². The van der Waals surface area contributed by atoms with Gasteiger partial charge in [-0.15, -0.1) is 11.3 Å². The summed E-state index contributed by atoms with van der Waals surface area (Å²) in [5.41, 5.74) is 0.513. The van der Waals surface area contributed by atoms with Crippen LogP contribution in [-0.4, -0.2) is 35.8 Å². The van der Waals surface area contributed by atoms with Crippen LogP contribution in [0, 0.1) is 6.92 Å². The van der Waals surface area contributed by atoms with E-state index in [-0.39, 0.29) is 11.5 Å². The predicted molar refractivity (Wildman–Crippen MR) is 58.3 cm³/mol. The van der Waals surface area contributed by atoms with Gasteiger partial charge in [0, 0.05) is 0 Å². The van der Waals surface area contributed by atoms with Gasteiger partial charge in [-0.2, -0.15) is 0 Å². The Hall–Kier alpha value is -0.980. The van der Waals surface area contributed by atoms with Crippen LogP contribution in [0.5, 0.6) is 0 Å². The molecule has 6 heteroatoms. The molecule has 2 N–H and O–H groups in total. The summed E-state index contributed by atoms with van der Waals surface area (Å²) in [5.74, 6) is -1.17. The third-order valence-corrected chi connectivity index (χ3v) is 3.53. The van der Waals surface area contributed by atoms with Gasteiger partial charge in [0.05, 0.1) is 29.7 Å². The van der Waals surface area contributed by atoms with E-state index in [1.54, 1.807) is 6.92 Å². The number of aliphatic hydroxyl groups is 1. The van der Waals surface area contributed by atoms with Gasteiger partial charge in [0.2, 0.25) is 0 Å². The fourth-order valence-corrected chi connectivity index (χ4v) is 2.45. The second-order valence-electron chi connectivity index (χ2n) is 3.56. The number of carboxylic acid groups (broad SMARTS) is 1. The molecule has 1 rings (SSSR count). The number of likely N-dealkylation sites (N-methyl/N-ethyl adjacent to an activating group) is 1. The highest BCUT2D eigenvalue weighted by Crippen LogP contribution is 2.16. The van der Waals surface area contributed by atoms with Crippen LogP contribution in [-0.2, 0) is 6.54 Å². The van der Waals surface area contributed by atoms with E-state index in [9.17, 15) is 9.90 Å². The first-order valence-electron chi connectivity index (χ1n) is 5.20. The van der Waals surface area contributed by atoms with Crippen LogP contribution in [0.15, 0.2) is 0 Å². The number of hydrogen-bond donors (Lipinski definition) is 2. The standard InChI is InChI=1S/C10H16N2O3S/c1-3-12(4-5-13)6-8-11-7(2)9(16-8)10(14)15/h13H,3-6H2,1-2H3,(H,14,15). The Morgan fingerprint density at radius 1 is 1.62 bits per heavy atom. The maximum absolute atomic E-state index is 10.7. The summed E-state index contributed by atoms with van der Waals surface area (Å²) >= 11 is 1.16. The maximum atomic E-state index is 10.7. The van der Waals surface area contributed by atoms with E-state index < -0.39 is 5.97 Å². The molecule has 1 heterocycles. The van der Waals surface area contributed by atoms with Crippen molar-refractivity contribution in [3.63, 3.8) is 0 Å². The number of nitrogens with zero attached hydrogens (tertiary/aromatic N) is 1. The number of carboxylic acids is 1. The largest absolute Gasteiger partial charge is 0.544 e. The number of thiazole rings is 1. The minimum Gasteiger partial charge on any atom is -0.544 e. The van der Waals surface area contributed by atoms with Crippen molar-refractivity contribution in [1.29, 1.82) is 0 Å². The Balaban J connectivity index is 2.73. The number of carbonyl (C=O) groups excluding carboxylic acids is 1. The van der Waals surface area contributed by atoms with Crippen molar-refractivity contribution in [2.45, 2.75) is 20.4 Å². The van der Waals surface area contributed by atoms with Gasteiger partial charge in [-0.05, 0) is 13.8 Å². The molecular formula is C10H16N2O3S. The number of hydrogen-bond acceptors (Lipinski definition) is 5. The van der Waals surface area contributed by atoms with Crippen molar-refractivity contribution in [3.8, 4) is 0 Å². The van der Waals surface area contributed by atoms with Gasteiger partial charge < -0.3 is 19.9 Å². The van der Waals surface area contributed by atoms with Gasteiger partial charge in [-0.3, -0.25) is 0 Å². The predicted octanol–water partition coefficient (Wildman–Crippen LogP) is -1.79. The molecule has 0 radical (unpaired) electrons. The molecule has 0 aliphatic carbocycles. The summed E-state index contributed by atoms with van der Waals surface area (Å²) in [5, 5.41) is 20.4. The Morgan fingerprint density at radius 2 is 2.31 bits per heavy atom. The average molecular weight is 244 g/mol. The molecule has 0 bridgehead atoms. The number of carbonyl (C=O) groups is 1. The summed E-state index contributed by atoms with van der Waals surface area (Å²) in [6.45, 7) is 5.99. The lowest BCUT2D eigenvalue weighted by molar-refractivity contribution is -0.912. The van der Waals surface area contributed by atoms with Gasteiger partial charge >= 0.3 is 0 Å². The van der Waals surface area contributed by atoms with Crippen molar-refractivity contribution in [2.75, 3.05) is 19.7 Å². The Bertz CT molecular complexity index is 365.